The Kier molecular flexibility index (Phi) is 6.82. The number of halogens is 2. The summed E-state index contributed by atoms with van der Waals surface area (Å²) in [7, 11) is 0. The lowest BCUT2D eigenvalue weighted by atomic mass is 10.0. The van der Waals surface area contributed by atoms with Crippen LogP contribution in [0.25, 0.3) is 11.3 Å². The van der Waals surface area contributed by atoms with Crippen molar-refractivity contribution in [3.8, 4) is 17.1 Å². The molecular formula is C31H27F2N5O3. The third-order valence-corrected chi connectivity index (χ3v) is 7.23. The average Bonchev–Trinajstić information content (AvgIpc) is 3.27. The molecule has 3 heterocycles. The molecule has 0 spiro atoms. The lowest BCUT2D eigenvalue weighted by Gasteiger charge is -2.22. The molecule has 2 aliphatic rings. The first-order chi connectivity index (χ1) is 19.8. The van der Waals surface area contributed by atoms with Gasteiger partial charge in [-0.1, -0.05) is 55.5 Å². The number of rotatable bonds is 5. The highest BCUT2D eigenvalue weighted by molar-refractivity contribution is 6.20. The van der Waals surface area contributed by atoms with Gasteiger partial charge in [-0.3, -0.25) is 9.59 Å². The van der Waals surface area contributed by atoms with Crippen LogP contribution in [-0.2, 0) is 17.8 Å². The van der Waals surface area contributed by atoms with Crippen LogP contribution in [0.3, 0.4) is 0 Å². The topological polar surface area (TPSA) is 97.6 Å². The quantitative estimate of drug-likeness (QED) is 0.358. The predicted octanol–water partition coefficient (Wildman–Crippen LogP) is 5.11. The van der Waals surface area contributed by atoms with Crippen molar-refractivity contribution in [2.45, 2.75) is 45.5 Å². The van der Waals surface area contributed by atoms with Gasteiger partial charge in [0.2, 0.25) is 12.0 Å². The third-order valence-electron chi connectivity index (χ3n) is 7.23. The van der Waals surface area contributed by atoms with Crippen LogP contribution >= 0.6 is 0 Å². The van der Waals surface area contributed by atoms with E-state index < -0.39 is 29.6 Å². The van der Waals surface area contributed by atoms with Crippen LogP contribution in [-0.4, -0.2) is 39.6 Å². The number of hydrogen-bond acceptors (Lipinski definition) is 5. The van der Waals surface area contributed by atoms with Crippen molar-refractivity contribution in [3.05, 3.63) is 101 Å². The van der Waals surface area contributed by atoms with Gasteiger partial charge >= 0.3 is 0 Å². The molecule has 0 fully saturated rings. The zero-order valence-electron chi connectivity index (χ0n) is 22.4. The second-order valence-electron chi connectivity index (χ2n) is 10.0. The molecule has 4 aromatic rings. The van der Waals surface area contributed by atoms with Gasteiger partial charge in [-0.2, -0.15) is 5.10 Å². The molecule has 0 saturated carbocycles. The van der Waals surface area contributed by atoms with Crippen LogP contribution in [0.15, 0.2) is 71.7 Å². The molecule has 1 aromatic heterocycles. The number of benzene rings is 3. The molecule has 0 bridgehead atoms. The fourth-order valence-corrected chi connectivity index (χ4v) is 5.05. The van der Waals surface area contributed by atoms with E-state index in [9.17, 15) is 14.0 Å². The largest absolute Gasteiger partial charge is 0.474 e. The summed E-state index contributed by atoms with van der Waals surface area (Å²) in [5.74, 6) is -2.42. The Hall–Kier alpha value is -4.86. The zero-order valence-corrected chi connectivity index (χ0v) is 22.4. The van der Waals surface area contributed by atoms with Gasteiger partial charge in [0.1, 0.15) is 22.9 Å². The summed E-state index contributed by atoms with van der Waals surface area (Å²) in [5.41, 5.74) is 2.34. The van der Waals surface area contributed by atoms with Crippen molar-refractivity contribution in [2.24, 2.45) is 4.99 Å². The predicted molar refractivity (Wildman–Crippen MR) is 150 cm³/mol. The van der Waals surface area contributed by atoms with Gasteiger partial charge in [-0.25, -0.2) is 18.5 Å². The Labute approximate surface area is 235 Å². The second kappa shape index (κ2) is 10.6. The number of carbonyl (C=O) groups is 2. The molecule has 2 N–H and O–H groups in total. The van der Waals surface area contributed by atoms with Crippen LogP contribution in [0.2, 0.25) is 0 Å². The van der Waals surface area contributed by atoms with Gasteiger partial charge in [-0.15, -0.1) is 0 Å². The molecule has 0 unspecified atom stereocenters. The van der Waals surface area contributed by atoms with Crippen molar-refractivity contribution in [3.63, 3.8) is 0 Å². The number of fused-ring (bicyclic) bond motifs is 2. The van der Waals surface area contributed by atoms with E-state index in [-0.39, 0.29) is 34.5 Å². The van der Waals surface area contributed by atoms with Crippen LogP contribution in [0.5, 0.6) is 5.88 Å². The minimum Gasteiger partial charge on any atom is -0.474 e. The van der Waals surface area contributed by atoms with Gasteiger partial charge in [0.05, 0.1) is 17.5 Å². The number of nitrogens with zero attached hydrogens (tertiary/aromatic N) is 3. The summed E-state index contributed by atoms with van der Waals surface area (Å²) < 4.78 is 37.7. The molecule has 0 saturated heterocycles. The molecule has 208 valence electrons. The normalized spacial score (nSPS) is 17.9. The second-order valence-corrected chi connectivity index (χ2v) is 10.0. The van der Waals surface area contributed by atoms with Crippen molar-refractivity contribution in [1.29, 1.82) is 0 Å². The zero-order chi connectivity index (χ0) is 28.7. The Morgan fingerprint density at radius 2 is 1.88 bits per heavy atom. The van der Waals surface area contributed by atoms with E-state index in [4.69, 9.17) is 4.74 Å². The van der Waals surface area contributed by atoms with Crippen LogP contribution < -0.4 is 15.4 Å². The Bertz CT molecular complexity index is 1700. The molecule has 3 aromatic carbocycles. The van der Waals surface area contributed by atoms with E-state index in [1.165, 1.54) is 22.9 Å². The SMILES string of the molecule is CCc1ccc(-c2nn3c(c2C(=O)N[C@H]2N=C(c4ccccc4)c4cccc(F)c4NC2=O)O[C@H](C)CC3)c(F)c1. The van der Waals surface area contributed by atoms with Crippen LogP contribution in [0.1, 0.15) is 47.3 Å². The summed E-state index contributed by atoms with van der Waals surface area (Å²) in [4.78, 5) is 31.8. The molecule has 8 nitrogen and oxygen atoms in total. The number of amides is 2. The number of aromatic nitrogens is 2. The number of aryl methyl sites for hydroxylation is 2. The summed E-state index contributed by atoms with van der Waals surface area (Å²) in [6, 6.07) is 18.2. The summed E-state index contributed by atoms with van der Waals surface area (Å²) >= 11 is 0. The Balaban J connectivity index is 1.44. The van der Waals surface area contributed by atoms with E-state index >= 15 is 4.39 Å². The summed E-state index contributed by atoms with van der Waals surface area (Å²) in [6.07, 6.45) is -0.327. The average molecular weight is 556 g/mol. The highest BCUT2D eigenvalue weighted by atomic mass is 19.1. The first kappa shape index (κ1) is 26.4. The minimum atomic E-state index is -1.43. The van der Waals surface area contributed by atoms with Gasteiger partial charge in [0.25, 0.3) is 11.8 Å². The smallest absolute Gasteiger partial charge is 0.269 e. The maximum atomic E-state index is 15.3. The number of aliphatic imine (C=N–C) groups is 1. The van der Waals surface area contributed by atoms with Crippen molar-refractivity contribution in [1.82, 2.24) is 15.1 Å². The summed E-state index contributed by atoms with van der Waals surface area (Å²) in [6.45, 7) is 4.26. The highest BCUT2D eigenvalue weighted by Crippen LogP contribution is 2.36. The Morgan fingerprint density at radius 1 is 1.07 bits per heavy atom. The molecule has 2 atom stereocenters. The van der Waals surface area contributed by atoms with Gasteiger partial charge in [0.15, 0.2) is 0 Å². The first-order valence-electron chi connectivity index (χ1n) is 13.4. The van der Waals surface area contributed by atoms with E-state index in [0.717, 1.165) is 5.56 Å². The highest BCUT2D eigenvalue weighted by Gasteiger charge is 2.35. The van der Waals surface area contributed by atoms with Gasteiger partial charge in [-0.05, 0) is 37.1 Å². The molecule has 41 heavy (non-hydrogen) atoms. The monoisotopic (exact) mass is 555 g/mol. The fourth-order valence-electron chi connectivity index (χ4n) is 5.05. The number of benzodiazepines with no additional fused rings is 1. The first-order valence-corrected chi connectivity index (χ1v) is 13.4. The molecule has 2 amide bonds. The standard InChI is InChI=1S/C31H27F2N5O3/c1-3-18-12-13-20(23(33)16-18)27-24(31-38(37-27)15-14-17(2)41-31)29(39)36-28-30(40)35-26-21(10-7-11-22(26)32)25(34-28)19-8-5-4-6-9-19/h4-13,16-17,28H,3,14-15H2,1-2H3,(H,35,40)(H,36,39)/t17-,28-/m1/s1. The molecule has 0 radical (unpaired) electrons. The number of anilines is 1. The number of hydrogen-bond donors (Lipinski definition) is 2. The number of carbonyl (C=O) groups excluding carboxylic acids is 2. The van der Waals surface area contributed by atoms with Gasteiger partial charge < -0.3 is 15.4 Å². The van der Waals surface area contributed by atoms with E-state index in [2.05, 4.69) is 20.7 Å². The van der Waals surface area contributed by atoms with Crippen molar-refractivity contribution in [2.75, 3.05) is 5.32 Å². The maximum absolute atomic E-state index is 15.3. The van der Waals surface area contributed by atoms with Crippen LogP contribution in [0.4, 0.5) is 14.5 Å². The molecule has 2 aliphatic heterocycles. The molecule has 6 rings (SSSR count). The lowest BCUT2D eigenvalue weighted by molar-refractivity contribution is -0.117. The van der Waals surface area contributed by atoms with E-state index in [0.29, 0.717) is 36.2 Å². The van der Waals surface area contributed by atoms with Gasteiger partial charge in [0, 0.05) is 29.7 Å². The van der Waals surface area contributed by atoms with Crippen LogP contribution in [0, 0.1) is 11.6 Å². The van der Waals surface area contributed by atoms with Crippen molar-refractivity contribution < 1.29 is 23.1 Å². The minimum absolute atomic E-state index is 0.00287. The molecule has 0 aliphatic carbocycles. The van der Waals surface area contributed by atoms with E-state index in [1.807, 2.05) is 19.9 Å². The number of nitrogens with one attached hydrogen (secondary N) is 2. The molecule has 10 heteroatoms. The lowest BCUT2D eigenvalue weighted by Crippen LogP contribution is -2.42. The van der Waals surface area contributed by atoms with Crippen molar-refractivity contribution >= 4 is 23.2 Å². The maximum Gasteiger partial charge on any atom is 0.269 e. The number of para-hydroxylation sites is 1. The molecular weight excluding hydrogens is 528 g/mol. The fraction of sp³-hybridized carbons (Fsp3) is 0.226. The van der Waals surface area contributed by atoms with E-state index in [1.54, 1.807) is 42.5 Å². The third kappa shape index (κ3) is 4.86. The number of ether oxygens (including phenoxy) is 1. The summed E-state index contributed by atoms with van der Waals surface area (Å²) in [5, 5.41) is 9.77. The Morgan fingerprint density at radius 3 is 2.63 bits per heavy atom.